The maximum Gasteiger partial charge on any atom is -0.0316 e. The highest BCUT2D eigenvalue weighted by Crippen LogP contribution is 2.14. The van der Waals surface area contributed by atoms with Crippen LogP contribution in [0.3, 0.4) is 0 Å². The van der Waals surface area contributed by atoms with Gasteiger partial charge in [0.25, 0.3) is 0 Å². The van der Waals surface area contributed by atoms with Gasteiger partial charge in [0.2, 0.25) is 0 Å². The van der Waals surface area contributed by atoms with Gasteiger partial charge < -0.3 is 0 Å². The van der Waals surface area contributed by atoms with E-state index in [1.807, 2.05) is 6.08 Å². The van der Waals surface area contributed by atoms with E-state index >= 15 is 0 Å². The second kappa shape index (κ2) is 16.8. The average Bonchev–Trinajstić information content (AvgIpc) is 2.43. The Morgan fingerprint density at radius 2 is 1.05 bits per heavy atom. The van der Waals surface area contributed by atoms with Crippen LogP contribution < -0.4 is 0 Å². The van der Waals surface area contributed by atoms with E-state index in [4.69, 9.17) is 0 Å². The highest BCUT2D eigenvalue weighted by molar-refractivity contribution is 4.83. The van der Waals surface area contributed by atoms with Crippen molar-refractivity contribution in [3.05, 3.63) is 19.1 Å². The molecule has 0 unspecified atom stereocenters. The Labute approximate surface area is 129 Å². The van der Waals surface area contributed by atoms with Gasteiger partial charge in [0.15, 0.2) is 0 Å². The Balaban J connectivity index is 2.96. The molecule has 0 amide bonds. The molecule has 0 aromatic heterocycles. The summed E-state index contributed by atoms with van der Waals surface area (Å²) in [6.07, 6.45) is 24.1. The van der Waals surface area contributed by atoms with Crippen molar-refractivity contribution in [2.45, 2.75) is 104 Å². The van der Waals surface area contributed by atoms with Gasteiger partial charge in [-0.05, 0) is 25.7 Å². The molecule has 0 saturated carbocycles. The second-order valence-electron chi connectivity index (χ2n) is 6.69. The van der Waals surface area contributed by atoms with Gasteiger partial charge >= 0.3 is 0 Å². The Morgan fingerprint density at radius 3 is 1.45 bits per heavy atom. The minimum Gasteiger partial charge on any atom is -0.0885 e. The lowest BCUT2D eigenvalue weighted by atomic mass is 10.0. The van der Waals surface area contributed by atoms with Crippen LogP contribution in [-0.4, -0.2) is 0 Å². The molecule has 0 aliphatic rings. The van der Waals surface area contributed by atoms with Gasteiger partial charge in [-0.15, -0.1) is 0 Å². The van der Waals surface area contributed by atoms with Crippen molar-refractivity contribution < 1.29 is 0 Å². The molecule has 0 heteroatoms. The van der Waals surface area contributed by atoms with Crippen LogP contribution in [0.4, 0.5) is 0 Å². The fourth-order valence-electron chi connectivity index (χ4n) is 2.70. The van der Waals surface area contributed by atoms with Gasteiger partial charge in [-0.1, -0.05) is 103 Å². The molecule has 0 N–H and O–H groups in total. The first-order valence-electron chi connectivity index (χ1n) is 9.21. The van der Waals surface area contributed by atoms with E-state index in [0.29, 0.717) is 0 Å². The minimum atomic E-state index is 0.893. The summed E-state index contributed by atoms with van der Waals surface area (Å²) in [6.45, 7) is 8.37. The van der Waals surface area contributed by atoms with E-state index in [1.54, 1.807) is 0 Å². The third kappa shape index (κ3) is 17.7. The summed E-state index contributed by atoms with van der Waals surface area (Å²) in [4.78, 5) is 0. The normalized spacial score (nSPS) is 11.8. The van der Waals surface area contributed by atoms with Crippen LogP contribution in [0.25, 0.3) is 0 Å². The third-order valence-corrected chi connectivity index (χ3v) is 4.07. The van der Waals surface area contributed by atoms with E-state index in [9.17, 15) is 0 Å². The van der Waals surface area contributed by atoms with E-state index < -0.39 is 0 Å². The maximum atomic E-state index is 3.71. The predicted octanol–water partition coefficient (Wildman–Crippen LogP) is 7.49. The molecule has 0 fully saturated rings. The van der Waals surface area contributed by atoms with E-state index in [1.165, 1.54) is 89.9 Å². The molecule has 1 radical (unpaired) electrons. The van der Waals surface area contributed by atoms with Crippen LogP contribution in [0.5, 0.6) is 0 Å². The predicted molar refractivity (Wildman–Crippen MR) is 94.0 cm³/mol. The van der Waals surface area contributed by atoms with E-state index in [-0.39, 0.29) is 0 Å². The quantitative estimate of drug-likeness (QED) is 0.272. The monoisotopic (exact) mass is 279 g/mol. The molecular formula is C20H39. The van der Waals surface area contributed by atoms with Gasteiger partial charge in [-0.3, -0.25) is 0 Å². The molecule has 0 bridgehead atoms. The van der Waals surface area contributed by atoms with Crippen molar-refractivity contribution in [3.8, 4) is 0 Å². The lowest BCUT2D eigenvalue weighted by Gasteiger charge is -2.04. The molecule has 0 aromatic rings. The van der Waals surface area contributed by atoms with Gasteiger partial charge in [0.05, 0.1) is 0 Å². The number of unbranched alkanes of at least 4 members (excludes halogenated alkanes) is 12. The first-order chi connectivity index (χ1) is 9.77. The molecule has 0 aromatic carbocycles. The Bertz CT molecular complexity index is 190. The second-order valence-corrected chi connectivity index (χ2v) is 6.69. The van der Waals surface area contributed by atoms with Crippen LogP contribution in [0.2, 0.25) is 0 Å². The molecule has 0 aliphatic heterocycles. The molecule has 0 nitrogen and oxygen atoms in total. The number of hydrogen-bond donors (Lipinski definition) is 0. The van der Waals surface area contributed by atoms with E-state index in [0.717, 1.165) is 5.92 Å². The van der Waals surface area contributed by atoms with Crippen LogP contribution in [0, 0.1) is 12.8 Å². The highest BCUT2D eigenvalue weighted by Gasteiger charge is 1.95. The first kappa shape index (κ1) is 19.7. The molecule has 0 aliphatic carbocycles. The molecule has 0 spiro atoms. The van der Waals surface area contributed by atoms with Crippen LogP contribution in [0.15, 0.2) is 12.2 Å². The minimum absolute atomic E-state index is 0.893. The average molecular weight is 280 g/mol. The van der Waals surface area contributed by atoms with Crippen LogP contribution in [-0.2, 0) is 0 Å². The van der Waals surface area contributed by atoms with Crippen molar-refractivity contribution in [2.75, 3.05) is 0 Å². The molecule has 0 saturated heterocycles. The highest BCUT2D eigenvalue weighted by atomic mass is 14.0. The Kier molecular flexibility index (Phi) is 16.6. The zero-order chi connectivity index (χ0) is 14.9. The van der Waals surface area contributed by atoms with Crippen molar-refractivity contribution in [1.82, 2.24) is 0 Å². The number of rotatable bonds is 15. The topological polar surface area (TPSA) is 0 Å². The van der Waals surface area contributed by atoms with Crippen LogP contribution >= 0.6 is 0 Å². The summed E-state index contributed by atoms with van der Waals surface area (Å²) in [5, 5.41) is 0. The van der Waals surface area contributed by atoms with E-state index in [2.05, 4.69) is 26.8 Å². The smallest absolute Gasteiger partial charge is 0.0316 e. The van der Waals surface area contributed by atoms with Crippen molar-refractivity contribution in [2.24, 2.45) is 5.92 Å². The molecular weight excluding hydrogens is 240 g/mol. The maximum absolute atomic E-state index is 3.71. The molecule has 119 valence electrons. The van der Waals surface area contributed by atoms with Gasteiger partial charge in [0.1, 0.15) is 0 Å². The molecule has 0 heterocycles. The standard InChI is InChI=1S/C20H39/c1-4-5-6-7-8-9-10-11-12-13-14-15-16-17-18-19-20(2)3/h4-5,20H,1,6-19H2,2-3H3/b5-4+. The Morgan fingerprint density at radius 1 is 0.650 bits per heavy atom. The van der Waals surface area contributed by atoms with Crippen molar-refractivity contribution in [1.29, 1.82) is 0 Å². The van der Waals surface area contributed by atoms with Crippen molar-refractivity contribution in [3.63, 3.8) is 0 Å². The van der Waals surface area contributed by atoms with Gasteiger partial charge in [-0.2, -0.15) is 0 Å². The summed E-state index contributed by atoms with van der Waals surface area (Å²) in [6, 6.07) is 0. The largest absolute Gasteiger partial charge is 0.0885 e. The molecule has 0 atom stereocenters. The SMILES string of the molecule is [CH2]/C=C/CCCCCCCCCCCCCCC(C)C. The molecule has 0 rings (SSSR count). The summed E-state index contributed by atoms with van der Waals surface area (Å²) < 4.78 is 0. The zero-order valence-corrected chi connectivity index (χ0v) is 14.3. The first-order valence-corrected chi connectivity index (χ1v) is 9.21. The van der Waals surface area contributed by atoms with Crippen molar-refractivity contribution >= 4 is 0 Å². The fourth-order valence-corrected chi connectivity index (χ4v) is 2.70. The zero-order valence-electron chi connectivity index (χ0n) is 14.3. The summed E-state index contributed by atoms with van der Waals surface area (Å²) in [5.74, 6) is 0.893. The van der Waals surface area contributed by atoms with Gasteiger partial charge in [-0.25, -0.2) is 0 Å². The summed E-state index contributed by atoms with van der Waals surface area (Å²) >= 11 is 0. The summed E-state index contributed by atoms with van der Waals surface area (Å²) in [7, 11) is 0. The third-order valence-electron chi connectivity index (χ3n) is 4.07. The Hall–Kier alpha value is -0.260. The number of hydrogen-bond acceptors (Lipinski definition) is 0. The molecule has 20 heavy (non-hydrogen) atoms. The van der Waals surface area contributed by atoms with Crippen LogP contribution in [0.1, 0.15) is 104 Å². The number of allylic oxidation sites excluding steroid dienone is 2. The van der Waals surface area contributed by atoms with Gasteiger partial charge in [0, 0.05) is 0 Å². The summed E-state index contributed by atoms with van der Waals surface area (Å²) in [5.41, 5.74) is 0. The lowest BCUT2D eigenvalue weighted by Crippen LogP contribution is -1.87. The fraction of sp³-hybridized carbons (Fsp3) is 0.850. The lowest BCUT2D eigenvalue weighted by molar-refractivity contribution is 0.503.